The summed E-state index contributed by atoms with van der Waals surface area (Å²) in [5.74, 6) is -0.818. The lowest BCUT2D eigenvalue weighted by Gasteiger charge is -2.28. The Bertz CT molecular complexity index is 1080. The van der Waals surface area contributed by atoms with Gasteiger partial charge in [0.15, 0.2) is 6.10 Å². The average molecular weight is 914 g/mol. The van der Waals surface area contributed by atoms with Crippen LogP contribution in [0.5, 0.6) is 0 Å². The number of nitrogens with zero attached hydrogens (tertiary/aromatic N) is 1. The molecule has 2 atom stereocenters. The molecule has 0 aliphatic heterocycles. The van der Waals surface area contributed by atoms with E-state index in [4.69, 9.17) is 18.5 Å². The van der Waals surface area contributed by atoms with Gasteiger partial charge in [-0.3, -0.25) is 14.2 Å². The van der Waals surface area contributed by atoms with Crippen molar-refractivity contribution in [2.45, 2.75) is 270 Å². The van der Waals surface area contributed by atoms with E-state index in [9.17, 15) is 19.0 Å². The van der Waals surface area contributed by atoms with Crippen molar-refractivity contribution in [3.63, 3.8) is 0 Å². The number of rotatable bonds is 50. The molecule has 0 aromatic heterocycles. The highest BCUT2D eigenvalue weighted by Crippen LogP contribution is 2.38. The molecule has 0 saturated carbocycles. The van der Waals surface area contributed by atoms with Gasteiger partial charge in [0.25, 0.3) is 7.82 Å². The fourth-order valence-corrected chi connectivity index (χ4v) is 8.56. The van der Waals surface area contributed by atoms with E-state index < -0.39 is 26.5 Å². The summed E-state index contributed by atoms with van der Waals surface area (Å²) in [5, 5.41) is 0. The van der Waals surface area contributed by atoms with Crippen molar-refractivity contribution in [2.75, 3.05) is 47.5 Å². The quantitative estimate of drug-likeness (QED) is 0.0195. The number of likely N-dealkylation sites (N-methyl/N-ethyl adjacent to an activating group) is 1. The molecule has 0 saturated heterocycles. The maximum Gasteiger partial charge on any atom is 0.306 e. The fourth-order valence-electron chi connectivity index (χ4n) is 7.83. The molecule has 0 radical (unpaired) electrons. The zero-order chi connectivity index (χ0) is 46.4. The second kappa shape index (κ2) is 45.9. The van der Waals surface area contributed by atoms with Gasteiger partial charge in [-0.2, -0.15) is 0 Å². The van der Waals surface area contributed by atoms with Crippen molar-refractivity contribution in [1.29, 1.82) is 0 Å². The van der Waals surface area contributed by atoms with Gasteiger partial charge in [0, 0.05) is 12.8 Å². The van der Waals surface area contributed by atoms with E-state index in [0.29, 0.717) is 17.4 Å². The van der Waals surface area contributed by atoms with E-state index in [1.165, 1.54) is 199 Å². The standard InChI is InChI=1S/C53H104NO8P/c1-6-8-10-12-14-16-18-20-22-23-24-25-26-27-28-29-30-31-32-34-36-38-40-42-44-46-53(56)62-51(50-61-63(57,58)60-48-47-54(3,4)5)49-59-52(55)45-43-41-39-37-35-33-21-19-17-15-13-11-9-7-2/h23-24,51H,6-22,25-50H2,1-5H3/b24-23-. The van der Waals surface area contributed by atoms with Crippen molar-refractivity contribution in [2.24, 2.45) is 0 Å². The Labute approximate surface area is 390 Å². The normalized spacial score (nSPS) is 13.4. The molecule has 2 unspecified atom stereocenters. The molecule has 9 nitrogen and oxygen atoms in total. The lowest BCUT2D eigenvalue weighted by Crippen LogP contribution is -2.37. The molecule has 0 aliphatic rings. The molecule has 0 fully saturated rings. The highest BCUT2D eigenvalue weighted by atomic mass is 31.2. The lowest BCUT2D eigenvalue weighted by molar-refractivity contribution is -0.870. The zero-order valence-corrected chi connectivity index (χ0v) is 43.2. The number of unbranched alkanes of at least 4 members (excludes halogenated alkanes) is 34. The summed E-state index contributed by atoms with van der Waals surface area (Å²) in [5.41, 5.74) is 0. The predicted molar refractivity (Wildman–Crippen MR) is 264 cm³/mol. The second-order valence-electron chi connectivity index (χ2n) is 19.6. The number of carbonyl (C=O) groups is 2. The van der Waals surface area contributed by atoms with E-state index in [2.05, 4.69) is 26.0 Å². The van der Waals surface area contributed by atoms with E-state index in [1.54, 1.807) is 0 Å². The summed E-state index contributed by atoms with van der Waals surface area (Å²) in [6.07, 6.45) is 51.0. The van der Waals surface area contributed by atoms with E-state index in [1.807, 2.05) is 21.1 Å². The molecule has 0 heterocycles. The number of carbonyl (C=O) groups excluding carboxylic acids is 2. The molecular weight excluding hydrogens is 810 g/mol. The van der Waals surface area contributed by atoms with Crippen LogP contribution in [0.3, 0.4) is 0 Å². The highest BCUT2D eigenvalue weighted by molar-refractivity contribution is 7.45. The third-order valence-electron chi connectivity index (χ3n) is 12.0. The van der Waals surface area contributed by atoms with Crippen LogP contribution in [0.2, 0.25) is 0 Å². The first kappa shape index (κ1) is 61.8. The van der Waals surface area contributed by atoms with Gasteiger partial charge in [-0.15, -0.1) is 0 Å². The molecule has 10 heteroatoms. The Balaban J connectivity index is 4.13. The van der Waals surface area contributed by atoms with Crippen molar-refractivity contribution in [1.82, 2.24) is 0 Å². The minimum absolute atomic E-state index is 0.0270. The minimum Gasteiger partial charge on any atom is -0.756 e. The first-order valence-corrected chi connectivity index (χ1v) is 28.4. The molecule has 374 valence electrons. The number of esters is 2. The molecular formula is C53H104NO8P. The average Bonchev–Trinajstić information content (AvgIpc) is 3.24. The molecule has 0 aliphatic carbocycles. The first-order valence-electron chi connectivity index (χ1n) is 26.9. The molecule has 0 spiro atoms. The lowest BCUT2D eigenvalue weighted by atomic mass is 10.0. The maximum absolute atomic E-state index is 12.8. The van der Waals surface area contributed by atoms with Gasteiger partial charge in [0.05, 0.1) is 27.7 Å². The van der Waals surface area contributed by atoms with Gasteiger partial charge in [0.2, 0.25) is 0 Å². The van der Waals surface area contributed by atoms with Gasteiger partial charge >= 0.3 is 11.9 Å². The number of quaternary nitrogens is 1. The molecule has 0 rings (SSSR count). The summed E-state index contributed by atoms with van der Waals surface area (Å²) in [6.45, 7) is 4.28. The molecule has 0 aromatic carbocycles. The summed E-state index contributed by atoms with van der Waals surface area (Å²) < 4.78 is 34.1. The first-order chi connectivity index (χ1) is 30.5. The summed E-state index contributed by atoms with van der Waals surface area (Å²) in [6, 6.07) is 0. The van der Waals surface area contributed by atoms with Crippen LogP contribution in [0.25, 0.3) is 0 Å². The Hall–Kier alpha value is -1.25. The number of hydrogen-bond donors (Lipinski definition) is 0. The third kappa shape index (κ3) is 50.0. The van der Waals surface area contributed by atoms with E-state index in [-0.39, 0.29) is 32.0 Å². The fraction of sp³-hybridized carbons (Fsp3) is 0.925. The molecule has 0 N–H and O–H groups in total. The van der Waals surface area contributed by atoms with Gasteiger partial charge in [-0.05, 0) is 38.5 Å². The largest absolute Gasteiger partial charge is 0.756 e. The highest BCUT2D eigenvalue weighted by Gasteiger charge is 2.21. The van der Waals surface area contributed by atoms with Crippen LogP contribution in [0.4, 0.5) is 0 Å². The SMILES string of the molecule is CCCCCCCCCC/C=C\CCCCCCCCCCCCCCCC(=O)OC(COC(=O)CCCCCCCCCCCCCCCC)COP(=O)([O-])OCC[N+](C)(C)C. The molecule has 0 bridgehead atoms. The van der Waals surface area contributed by atoms with Gasteiger partial charge < -0.3 is 27.9 Å². The van der Waals surface area contributed by atoms with Crippen molar-refractivity contribution in [3.8, 4) is 0 Å². The van der Waals surface area contributed by atoms with Crippen molar-refractivity contribution in [3.05, 3.63) is 12.2 Å². The second-order valence-corrected chi connectivity index (χ2v) is 21.0. The van der Waals surface area contributed by atoms with Crippen molar-refractivity contribution < 1.29 is 42.1 Å². The number of ether oxygens (including phenoxy) is 2. The van der Waals surface area contributed by atoms with Crippen LogP contribution in [0.1, 0.15) is 264 Å². The Morgan fingerprint density at radius 1 is 0.476 bits per heavy atom. The van der Waals surface area contributed by atoms with Crippen LogP contribution in [0, 0.1) is 0 Å². The predicted octanol–water partition coefficient (Wildman–Crippen LogP) is 15.5. The van der Waals surface area contributed by atoms with Gasteiger partial charge in [-0.1, -0.05) is 225 Å². The number of hydrogen-bond acceptors (Lipinski definition) is 8. The molecule has 63 heavy (non-hydrogen) atoms. The maximum atomic E-state index is 12.8. The van der Waals surface area contributed by atoms with Crippen LogP contribution >= 0.6 is 7.82 Å². The topological polar surface area (TPSA) is 111 Å². The Morgan fingerprint density at radius 3 is 1.17 bits per heavy atom. The Kier molecular flexibility index (Phi) is 45.0. The molecule has 0 amide bonds. The summed E-state index contributed by atoms with van der Waals surface area (Å²) >= 11 is 0. The van der Waals surface area contributed by atoms with Crippen LogP contribution < -0.4 is 4.89 Å². The smallest absolute Gasteiger partial charge is 0.306 e. The van der Waals surface area contributed by atoms with Gasteiger partial charge in [-0.25, -0.2) is 0 Å². The van der Waals surface area contributed by atoms with E-state index >= 15 is 0 Å². The van der Waals surface area contributed by atoms with Crippen LogP contribution in [0.15, 0.2) is 12.2 Å². The summed E-state index contributed by atoms with van der Waals surface area (Å²) in [4.78, 5) is 37.7. The number of phosphoric acid groups is 1. The van der Waals surface area contributed by atoms with Crippen LogP contribution in [-0.4, -0.2) is 70.0 Å². The number of allylic oxidation sites excluding steroid dienone is 2. The number of phosphoric ester groups is 1. The zero-order valence-electron chi connectivity index (χ0n) is 42.3. The minimum atomic E-state index is -4.62. The van der Waals surface area contributed by atoms with Gasteiger partial charge in [0.1, 0.15) is 19.8 Å². The monoisotopic (exact) mass is 914 g/mol. The Morgan fingerprint density at radius 2 is 0.810 bits per heavy atom. The van der Waals surface area contributed by atoms with E-state index in [0.717, 1.165) is 32.1 Å². The third-order valence-corrected chi connectivity index (χ3v) is 13.0. The summed E-state index contributed by atoms with van der Waals surface area (Å²) in [7, 11) is 1.18. The molecule has 0 aromatic rings. The van der Waals surface area contributed by atoms with Crippen molar-refractivity contribution >= 4 is 19.8 Å². The van der Waals surface area contributed by atoms with Crippen LogP contribution in [-0.2, 0) is 32.7 Å².